The average Bonchev–Trinajstić information content (AvgIpc) is 3.28. The quantitative estimate of drug-likeness (QED) is 0.729. The minimum Gasteiger partial charge on any atom is -0.381 e. The summed E-state index contributed by atoms with van der Waals surface area (Å²) in [7, 11) is 2.13. The van der Waals surface area contributed by atoms with Gasteiger partial charge in [-0.25, -0.2) is 0 Å². The largest absolute Gasteiger partial charge is 0.381 e. The molecule has 2 rings (SSSR count). The lowest BCUT2D eigenvalue weighted by molar-refractivity contribution is -0.124. The lowest BCUT2D eigenvalue weighted by Gasteiger charge is -2.28. The Hall–Kier alpha value is -0.650. The van der Waals surface area contributed by atoms with Crippen molar-refractivity contribution in [2.75, 3.05) is 26.8 Å². The third-order valence-electron chi connectivity index (χ3n) is 4.47. The Morgan fingerprint density at radius 3 is 2.58 bits per heavy atom. The van der Waals surface area contributed by atoms with Gasteiger partial charge < -0.3 is 15.8 Å². The number of nitrogens with two attached hydrogens (primary N) is 1. The molecule has 1 saturated heterocycles. The number of carbonyl (C=O) groups is 1. The Morgan fingerprint density at radius 2 is 2.00 bits per heavy atom. The van der Waals surface area contributed by atoms with Crippen LogP contribution in [0.1, 0.15) is 32.6 Å². The molecule has 2 unspecified atom stereocenters. The first-order valence-electron chi connectivity index (χ1n) is 7.42. The van der Waals surface area contributed by atoms with Gasteiger partial charge in [-0.05, 0) is 45.6 Å². The van der Waals surface area contributed by atoms with Crippen molar-refractivity contribution in [2.24, 2.45) is 11.7 Å². The zero-order valence-corrected chi connectivity index (χ0v) is 12.1. The molecule has 5 nitrogen and oxygen atoms in total. The topological polar surface area (TPSA) is 67.6 Å². The highest BCUT2D eigenvalue weighted by atomic mass is 16.5. The number of carbonyl (C=O) groups excluding carboxylic acids is 1. The number of hydrogen-bond donors (Lipinski definition) is 2. The van der Waals surface area contributed by atoms with E-state index in [1.807, 2.05) is 0 Å². The van der Waals surface area contributed by atoms with Crippen molar-refractivity contribution >= 4 is 5.91 Å². The molecule has 0 spiro atoms. The zero-order valence-electron chi connectivity index (χ0n) is 12.1. The van der Waals surface area contributed by atoms with Crippen molar-refractivity contribution in [3.05, 3.63) is 0 Å². The van der Waals surface area contributed by atoms with Gasteiger partial charge in [-0.1, -0.05) is 0 Å². The molecule has 0 aromatic heterocycles. The summed E-state index contributed by atoms with van der Waals surface area (Å²) in [5.41, 5.74) is 6.05. The predicted octanol–water partition coefficient (Wildman–Crippen LogP) is 0.339. The number of nitrogens with zero attached hydrogens (tertiary/aromatic N) is 1. The van der Waals surface area contributed by atoms with Gasteiger partial charge in [0.05, 0.1) is 6.04 Å². The third kappa shape index (κ3) is 4.16. The molecule has 1 aliphatic carbocycles. The van der Waals surface area contributed by atoms with Crippen LogP contribution in [0.2, 0.25) is 0 Å². The highest BCUT2D eigenvalue weighted by Crippen LogP contribution is 2.26. The van der Waals surface area contributed by atoms with Crippen molar-refractivity contribution < 1.29 is 9.53 Å². The Kier molecular flexibility index (Phi) is 5.19. The average molecular weight is 269 g/mol. The second kappa shape index (κ2) is 6.68. The smallest absolute Gasteiger partial charge is 0.237 e. The fraction of sp³-hybridized carbons (Fsp3) is 0.929. The van der Waals surface area contributed by atoms with Gasteiger partial charge in [0, 0.05) is 31.8 Å². The Balaban J connectivity index is 1.70. The van der Waals surface area contributed by atoms with Gasteiger partial charge in [-0.3, -0.25) is 9.69 Å². The number of amides is 1. The highest BCUT2D eigenvalue weighted by molar-refractivity contribution is 5.81. The number of likely N-dealkylation sites (N-methyl/N-ethyl adjacent to an activating group) is 1. The summed E-state index contributed by atoms with van der Waals surface area (Å²) in [6.07, 6.45) is 4.37. The molecule has 2 fully saturated rings. The van der Waals surface area contributed by atoms with Crippen LogP contribution in [0.25, 0.3) is 0 Å². The number of hydrogen-bond acceptors (Lipinski definition) is 4. The standard InChI is InChI=1S/C14H27N3O2/c1-10(17(2)12-3-4-12)9-16-14(18)13(15)11-5-7-19-8-6-11/h10-13H,3-9,15H2,1-2H3,(H,16,18). The minimum atomic E-state index is -0.387. The van der Waals surface area contributed by atoms with E-state index in [9.17, 15) is 4.79 Å². The van der Waals surface area contributed by atoms with Crippen LogP contribution in [0.4, 0.5) is 0 Å². The van der Waals surface area contributed by atoms with Gasteiger partial charge in [-0.2, -0.15) is 0 Å². The van der Waals surface area contributed by atoms with E-state index in [1.54, 1.807) is 0 Å². The lowest BCUT2D eigenvalue weighted by atomic mass is 9.92. The molecule has 0 aromatic carbocycles. The summed E-state index contributed by atoms with van der Waals surface area (Å²) in [6, 6.07) is 0.705. The first-order chi connectivity index (χ1) is 9.09. The summed E-state index contributed by atoms with van der Waals surface area (Å²) < 4.78 is 5.30. The highest BCUT2D eigenvalue weighted by Gasteiger charge is 2.30. The molecule has 1 heterocycles. The SMILES string of the molecule is CC(CNC(=O)C(N)C1CCOCC1)N(C)C1CC1. The second-order valence-corrected chi connectivity index (χ2v) is 5.97. The molecule has 110 valence electrons. The maximum atomic E-state index is 12.1. The van der Waals surface area contributed by atoms with Crippen LogP contribution < -0.4 is 11.1 Å². The fourth-order valence-electron chi connectivity index (χ4n) is 2.64. The van der Waals surface area contributed by atoms with Gasteiger partial charge in [0.2, 0.25) is 5.91 Å². The van der Waals surface area contributed by atoms with Gasteiger partial charge in [0.25, 0.3) is 0 Å². The van der Waals surface area contributed by atoms with E-state index in [0.717, 1.165) is 32.1 Å². The van der Waals surface area contributed by atoms with E-state index in [-0.39, 0.29) is 17.9 Å². The fourth-order valence-corrected chi connectivity index (χ4v) is 2.64. The molecule has 0 aromatic rings. The molecule has 1 amide bonds. The van der Waals surface area contributed by atoms with Crippen LogP contribution in [0.3, 0.4) is 0 Å². The second-order valence-electron chi connectivity index (χ2n) is 5.97. The Morgan fingerprint density at radius 1 is 1.37 bits per heavy atom. The Bertz CT molecular complexity index is 301. The molecule has 1 saturated carbocycles. The summed E-state index contributed by atoms with van der Waals surface area (Å²) in [6.45, 7) is 4.29. The predicted molar refractivity (Wildman–Crippen MR) is 74.8 cm³/mol. The Labute approximate surface area is 115 Å². The summed E-state index contributed by atoms with van der Waals surface area (Å²) >= 11 is 0. The summed E-state index contributed by atoms with van der Waals surface area (Å²) in [5.74, 6) is 0.258. The maximum absolute atomic E-state index is 12.1. The summed E-state index contributed by atoms with van der Waals surface area (Å²) in [4.78, 5) is 14.4. The monoisotopic (exact) mass is 269 g/mol. The summed E-state index contributed by atoms with van der Waals surface area (Å²) in [5, 5.41) is 3.00. The van der Waals surface area contributed by atoms with Crippen molar-refractivity contribution in [3.8, 4) is 0 Å². The van der Waals surface area contributed by atoms with E-state index in [1.165, 1.54) is 12.8 Å². The normalized spacial score (nSPS) is 24.2. The molecule has 3 N–H and O–H groups in total. The van der Waals surface area contributed by atoms with Crippen molar-refractivity contribution in [1.82, 2.24) is 10.2 Å². The van der Waals surface area contributed by atoms with Crippen LogP contribution in [0, 0.1) is 5.92 Å². The molecule has 19 heavy (non-hydrogen) atoms. The van der Waals surface area contributed by atoms with Crippen LogP contribution in [0.15, 0.2) is 0 Å². The number of rotatable bonds is 6. The molecule has 1 aliphatic heterocycles. The molecule has 0 radical (unpaired) electrons. The molecular weight excluding hydrogens is 242 g/mol. The van der Waals surface area contributed by atoms with Gasteiger partial charge >= 0.3 is 0 Å². The molecule has 2 atom stereocenters. The maximum Gasteiger partial charge on any atom is 0.237 e. The van der Waals surface area contributed by atoms with Gasteiger partial charge in [-0.15, -0.1) is 0 Å². The van der Waals surface area contributed by atoms with E-state index >= 15 is 0 Å². The van der Waals surface area contributed by atoms with Crippen LogP contribution >= 0.6 is 0 Å². The number of nitrogens with one attached hydrogen (secondary N) is 1. The van der Waals surface area contributed by atoms with E-state index in [0.29, 0.717) is 12.6 Å². The molecule has 2 aliphatic rings. The van der Waals surface area contributed by atoms with Gasteiger partial charge in [0.1, 0.15) is 0 Å². The number of ether oxygens (including phenoxy) is 1. The van der Waals surface area contributed by atoms with Crippen molar-refractivity contribution in [2.45, 2.75) is 50.7 Å². The van der Waals surface area contributed by atoms with E-state index in [2.05, 4.69) is 24.2 Å². The molecule has 5 heteroatoms. The van der Waals surface area contributed by atoms with Crippen LogP contribution in [-0.2, 0) is 9.53 Å². The third-order valence-corrected chi connectivity index (χ3v) is 4.47. The molecule has 0 bridgehead atoms. The van der Waals surface area contributed by atoms with Crippen LogP contribution in [-0.4, -0.2) is 55.7 Å². The minimum absolute atomic E-state index is 0.0112. The molecular formula is C14H27N3O2. The first kappa shape index (κ1) is 14.8. The van der Waals surface area contributed by atoms with E-state index < -0.39 is 0 Å². The van der Waals surface area contributed by atoms with Crippen molar-refractivity contribution in [3.63, 3.8) is 0 Å². The van der Waals surface area contributed by atoms with Crippen LogP contribution in [0.5, 0.6) is 0 Å². The van der Waals surface area contributed by atoms with Crippen molar-refractivity contribution in [1.29, 1.82) is 0 Å². The van der Waals surface area contributed by atoms with E-state index in [4.69, 9.17) is 10.5 Å². The van der Waals surface area contributed by atoms with Gasteiger partial charge in [0.15, 0.2) is 0 Å². The lowest BCUT2D eigenvalue weighted by Crippen LogP contribution is -2.50. The first-order valence-corrected chi connectivity index (χ1v) is 7.42. The zero-order chi connectivity index (χ0) is 13.8.